The number of hydrogen-bond acceptors (Lipinski definition) is 5. The molecule has 5 heteroatoms. The Bertz CT molecular complexity index is 236. The Hall–Kier alpha value is -0.650. The molecule has 0 aromatic rings. The van der Waals surface area contributed by atoms with Crippen LogP contribution in [0.3, 0.4) is 0 Å². The third-order valence-corrected chi connectivity index (χ3v) is 3.25. The van der Waals surface area contributed by atoms with Gasteiger partial charge in [0, 0.05) is 32.1 Å². The molecule has 1 aliphatic rings. The number of esters is 1. The fourth-order valence-corrected chi connectivity index (χ4v) is 2.49. The van der Waals surface area contributed by atoms with Crippen LogP contribution < -0.4 is 5.32 Å². The van der Waals surface area contributed by atoms with Gasteiger partial charge in [0.2, 0.25) is 0 Å². The highest BCUT2D eigenvalue weighted by Crippen LogP contribution is 2.20. The molecule has 2 unspecified atom stereocenters. The van der Waals surface area contributed by atoms with E-state index in [9.17, 15) is 4.79 Å². The molecule has 0 saturated carbocycles. The molecule has 0 radical (unpaired) electrons. The van der Waals surface area contributed by atoms with Crippen molar-refractivity contribution in [3.05, 3.63) is 0 Å². The molecule has 5 nitrogen and oxygen atoms in total. The zero-order valence-corrected chi connectivity index (χ0v) is 10.8. The van der Waals surface area contributed by atoms with Crippen LogP contribution in [-0.4, -0.2) is 62.4 Å². The van der Waals surface area contributed by atoms with Crippen molar-refractivity contribution < 1.29 is 14.6 Å². The number of rotatable bonds is 6. The summed E-state index contributed by atoms with van der Waals surface area (Å²) in [5, 5.41) is 12.1. The highest BCUT2D eigenvalue weighted by atomic mass is 16.5. The molecular weight excluding hydrogens is 220 g/mol. The lowest BCUT2D eigenvalue weighted by molar-refractivity contribution is -0.141. The second-order valence-corrected chi connectivity index (χ2v) is 4.81. The van der Waals surface area contributed by atoms with Gasteiger partial charge in [-0.15, -0.1) is 0 Å². The SMILES string of the molecule is COC(=O)CCC1CC(NCCO)CN(C)C1. The van der Waals surface area contributed by atoms with Crippen molar-refractivity contribution in [1.29, 1.82) is 0 Å². The van der Waals surface area contributed by atoms with Crippen molar-refractivity contribution in [3.8, 4) is 0 Å². The predicted octanol–water partition coefficient (Wildman–Crippen LogP) is -0.158. The third kappa shape index (κ3) is 5.48. The highest BCUT2D eigenvalue weighted by molar-refractivity contribution is 5.69. The number of nitrogens with zero attached hydrogens (tertiary/aromatic N) is 1. The Morgan fingerprint density at radius 3 is 2.94 bits per heavy atom. The van der Waals surface area contributed by atoms with Gasteiger partial charge in [-0.05, 0) is 25.8 Å². The normalized spacial score (nSPS) is 25.8. The van der Waals surface area contributed by atoms with Gasteiger partial charge in [0.15, 0.2) is 0 Å². The van der Waals surface area contributed by atoms with E-state index >= 15 is 0 Å². The van der Waals surface area contributed by atoms with Crippen molar-refractivity contribution in [3.63, 3.8) is 0 Å². The number of methoxy groups -OCH3 is 1. The first-order chi connectivity index (χ1) is 8.15. The van der Waals surface area contributed by atoms with Crippen LogP contribution in [0.4, 0.5) is 0 Å². The molecule has 100 valence electrons. The largest absolute Gasteiger partial charge is 0.469 e. The summed E-state index contributed by atoms with van der Waals surface area (Å²) < 4.78 is 4.66. The molecule has 0 spiro atoms. The fraction of sp³-hybridized carbons (Fsp3) is 0.917. The maximum atomic E-state index is 11.1. The Balaban J connectivity index is 2.31. The summed E-state index contributed by atoms with van der Waals surface area (Å²) in [6.45, 7) is 2.86. The lowest BCUT2D eigenvalue weighted by Crippen LogP contribution is -2.48. The summed E-state index contributed by atoms with van der Waals surface area (Å²) >= 11 is 0. The Kier molecular flexibility index (Phi) is 6.47. The number of aliphatic hydroxyl groups excluding tert-OH is 1. The van der Waals surface area contributed by atoms with Gasteiger partial charge >= 0.3 is 5.97 Å². The van der Waals surface area contributed by atoms with Gasteiger partial charge in [0.05, 0.1) is 13.7 Å². The predicted molar refractivity (Wildman–Crippen MR) is 65.7 cm³/mol. The van der Waals surface area contributed by atoms with E-state index in [4.69, 9.17) is 5.11 Å². The van der Waals surface area contributed by atoms with E-state index in [-0.39, 0.29) is 12.6 Å². The van der Waals surface area contributed by atoms with Gasteiger partial charge in [-0.1, -0.05) is 0 Å². The summed E-state index contributed by atoms with van der Waals surface area (Å²) in [6.07, 6.45) is 2.46. The van der Waals surface area contributed by atoms with Gasteiger partial charge in [-0.25, -0.2) is 0 Å². The third-order valence-electron chi connectivity index (χ3n) is 3.25. The second kappa shape index (κ2) is 7.63. The topological polar surface area (TPSA) is 61.8 Å². The molecule has 1 saturated heterocycles. The van der Waals surface area contributed by atoms with Crippen LogP contribution in [0, 0.1) is 5.92 Å². The molecule has 1 fully saturated rings. The lowest BCUT2D eigenvalue weighted by Gasteiger charge is -2.36. The quantitative estimate of drug-likeness (QED) is 0.636. The number of likely N-dealkylation sites (tertiary alicyclic amines) is 1. The minimum absolute atomic E-state index is 0.127. The summed E-state index contributed by atoms with van der Waals surface area (Å²) in [6, 6.07) is 0.420. The number of piperidine rings is 1. The molecule has 2 N–H and O–H groups in total. The van der Waals surface area contributed by atoms with Crippen LogP contribution in [0.5, 0.6) is 0 Å². The first kappa shape index (κ1) is 14.4. The number of ether oxygens (including phenoxy) is 1. The number of carbonyl (C=O) groups is 1. The van der Waals surface area contributed by atoms with E-state index in [0.29, 0.717) is 24.9 Å². The molecule has 0 aromatic carbocycles. The van der Waals surface area contributed by atoms with Crippen LogP contribution in [0.15, 0.2) is 0 Å². The summed E-state index contributed by atoms with van der Waals surface area (Å²) in [7, 11) is 3.53. The Morgan fingerprint density at radius 1 is 1.53 bits per heavy atom. The Labute approximate surface area is 103 Å². The lowest BCUT2D eigenvalue weighted by atomic mass is 9.90. The first-order valence-corrected chi connectivity index (χ1v) is 6.25. The zero-order chi connectivity index (χ0) is 12.7. The fourth-order valence-electron chi connectivity index (χ4n) is 2.49. The Morgan fingerprint density at radius 2 is 2.29 bits per heavy atom. The van der Waals surface area contributed by atoms with Gasteiger partial charge in [0.1, 0.15) is 0 Å². The van der Waals surface area contributed by atoms with E-state index in [0.717, 1.165) is 25.9 Å². The summed E-state index contributed by atoms with van der Waals surface area (Å²) in [4.78, 5) is 13.4. The first-order valence-electron chi connectivity index (χ1n) is 6.25. The average molecular weight is 244 g/mol. The van der Waals surface area contributed by atoms with Crippen LogP contribution in [0.2, 0.25) is 0 Å². The van der Waals surface area contributed by atoms with Crippen LogP contribution in [0.25, 0.3) is 0 Å². The summed E-state index contributed by atoms with van der Waals surface area (Å²) in [5.41, 5.74) is 0. The number of likely N-dealkylation sites (N-methyl/N-ethyl adjacent to an activating group) is 1. The van der Waals surface area contributed by atoms with E-state index in [1.54, 1.807) is 0 Å². The number of hydrogen-bond donors (Lipinski definition) is 2. The van der Waals surface area contributed by atoms with Gasteiger partial charge in [0.25, 0.3) is 0 Å². The zero-order valence-electron chi connectivity index (χ0n) is 10.8. The molecule has 0 aromatic heterocycles. The second-order valence-electron chi connectivity index (χ2n) is 4.81. The number of carbonyl (C=O) groups excluding carboxylic acids is 1. The van der Waals surface area contributed by atoms with Crippen molar-refractivity contribution in [2.75, 3.05) is 40.4 Å². The van der Waals surface area contributed by atoms with E-state index < -0.39 is 0 Å². The van der Waals surface area contributed by atoms with E-state index in [1.807, 2.05) is 0 Å². The van der Waals surface area contributed by atoms with Crippen molar-refractivity contribution in [2.24, 2.45) is 5.92 Å². The van der Waals surface area contributed by atoms with Crippen molar-refractivity contribution >= 4 is 5.97 Å². The van der Waals surface area contributed by atoms with Crippen molar-refractivity contribution in [1.82, 2.24) is 10.2 Å². The minimum atomic E-state index is -0.127. The summed E-state index contributed by atoms with van der Waals surface area (Å²) in [5.74, 6) is 0.405. The van der Waals surface area contributed by atoms with Crippen molar-refractivity contribution in [2.45, 2.75) is 25.3 Å². The molecule has 0 bridgehead atoms. The highest BCUT2D eigenvalue weighted by Gasteiger charge is 2.25. The molecule has 1 heterocycles. The smallest absolute Gasteiger partial charge is 0.305 e. The standard InChI is InChI=1S/C12H24N2O3/c1-14-8-10(3-4-12(16)17-2)7-11(9-14)13-5-6-15/h10-11,13,15H,3-9H2,1-2H3. The van der Waals surface area contributed by atoms with Gasteiger partial charge in [-0.2, -0.15) is 0 Å². The number of nitrogens with one attached hydrogen (secondary N) is 1. The molecule has 17 heavy (non-hydrogen) atoms. The van der Waals surface area contributed by atoms with E-state index in [1.165, 1.54) is 7.11 Å². The molecule has 1 rings (SSSR count). The number of aliphatic hydroxyl groups is 1. The van der Waals surface area contributed by atoms with Crippen LogP contribution in [-0.2, 0) is 9.53 Å². The minimum Gasteiger partial charge on any atom is -0.469 e. The van der Waals surface area contributed by atoms with E-state index in [2.05, 4.69) is 22.0 Å². The van der Waals surface area contributed by atoms with Gasteiger partial charge in [-0.3, -0.25) is 4.79 Å². The maximum absolute atomic E-state index is 11.1. The maximum Gasteiger partial charge on any atom is 0.305 e. The van der Waals surface area contributed by atoms with Gasteiger partial charge < -0.3 is 20.1 Å². The molecule has 2 atom stereocenters. The monoisotopic (exact) mass is 244 g/mol. The molecular formula is C12H24N2O3. The molecule has 0 amide bonds. The van der Waals surface area contributed by atoms with Crippen LogP contribution in [0.1, 0.15) is 19.3 Å². The molecule has 1 aliphatic heterocycles. The van der Waals surface area contributed by atoms with Crippen LogP contribution >= 0.6 is 0 Å². The average Bonchev–Trinajstić information content (AvgIpc) is 2.32. The molecule has 0 aliphatic carbocycles.